The minimum absolute atomic E-state index is 0.215. The van der Waals surface area contributed by atoms with E-state index in [1.807, 2.05) is 13.0 Å². The molecular formula is C11H11N3O2. The Morgan fingerprint density at radius 2 is 2.25 bits per heavy atom. The van der Waals surface area contributed by atoms with E-state index in [2.05, 4.69) is 15.2 Å². The van der Waals surface area contributed by atoms with Crippen LogP contribution in [0, 0.1) is 0 Å². The van der Waals surface area contributed by atoms with E-state index in [0.717, 1.165) is 0 Å². The molecule has 0 aliphatic heterocycles. The summed E-state index contributed by atoms with van der Waals surface area (Å²) >= 11 is 0. The van der Waals surface area contributed by atoms with Crippen LogP contribution in [-0.4, -0.2) is 27.6 Å². The van der Waals surface area contributed by atoms with E-state index in [4.69, 9.17) is 4.74 Å². The van der Waals surface area contributed by atoms with Crippen LogP contribution in [0.4, 0.5) is 0 Å². The van der Waals surface area contributed by atoms with Gasteiger partial charge in [0.25, 0.3) is 0 Å². The molecule has 1 N–H and O–H groups in total. The molecule has 5 nitrogen and oxygen atoms in total. The number of hydrogen-bond donors (Lipinski definition) is 1. The predicted octanol–water partition coefficient (Wildman–Crippen LogP) is 1.43. The molecule has 0 saturated carbocycles. The standard InChI is InChI=1S/C11H11N3O2/c1-2-16-9-6-4-3-5-8(9)10(15)11-12-7-13-14-11/h3-7H,2H2,1H3,(H,12,13,14). The number of aromatic nitrogens is 3. The van der Waals surface area contributed by atoms with E-state index in [0.29, 0.717) is 17.9 Å². The molecule has 1 aromatic heterocycles. The zero-order valence-corrected chi connectivity index (χ0v) is 8.80. The average Bonchev–Trinajstić information content (AvgIpc) is 2.83. The van der Waals surface area contributed by atoms with Gasteiger partial charge in [-0.1, -0.05) is 12.1 Å². The molecule has 0 aliphatic carbocycles. The largest absolute Gasteiger partial charge is 0.493 e. The lowest BCUT2D eigenvalue weighted by molar-refractivity contribution is 0.102. The summed E-state index contributed by atoms with van der Waals surface area (Å²) in [7, 11) is 0. The highest BCUT2D eigenvalue weighted by Crippen LogP contribution is 2.19. The zero-order chi connectivity index (χ0) is 11.4. The molecule has 0 aliphatic rings. The number of ether oxygens (including phenoxy) is 1. The van der Waals surface area contributed by atoms with Crippen molar-refractivity contribution in [3.05, 3.63) is 42.0 Å². The monoisotopic (exact) mass is 217 g/mol. The Kier molecular flexibility index (Phi) is 2.95. The molecule has 16 heavy (non-hydrogen) atoms. The number of nitrogens with zero attached hydrogens (tertiary/aromatic N) is 2. The third-order valence-electron chi connectivity index (χ3n) is 2.06. The molecule has 0 atom stereocenters. The van der Waals surface area contributed by atoms with E-state index in [9.17, 15) is 4.79 Å². The van der Waals surface area contributed by atoms with Crippen molar-refractivity contribution in [3.63, 3.8) is 0 Å². The Bertz CT molecular complexity index is 480. The highest BCUT2D eigenvalue weighted by Gasteiger charge is 2.16. The summed E-state index contributed by atoms with van der Waals surface area (Å²) in [5.74, 6) is 0.556. The number of rotatable bonds is 4. The number of H-pyrrole nitrogens is 1. The van der Waals surface area contributed by atoms with Crippen LogP contribution in [0.1, 0.15) is 23.1 Å². The second-order valence-electron chi connectivity index (χ2n) is 3.09. The highest BCUT2D eigenvalue weighted by molar-refractivity contribution is 6.08. The van der Waals surface area contributed by atoms with Crippen LogP contribution in [0.3, 0.4) is 0 Å². The first-order chi connectivity index (χ1) is 7.83. The second kappa shape index (κ2) is 4.57. The molecule has 0 saturated heterocycles. The van der Waals surface area contributed by atoms with Crippen LogP contribution in [0.5, 0.6) is 5.75 Å². The molecule has 1 aromatic carbocycles. The molecule has 82 valence electrons. The SMILES string of the molecule is CCOc1ccccc1C(=O)c1ncn[nH]1. The molecule has 0 radical (unpaired) electrons. The fourth-order valence-electron chi connectivity index (χ4n) is 1.38. The summed E-state index contributed by atoms with van der Waals surface area (Å²) in [6.07, 6.45) is 1.30. The normalized spacial score (nSPS) is 10.1. The van der Waals surface area contributed by atoms with Gasteiger partial charge in [-0.2, -0.15) is 5.10 Å². The minimum Gasteiger partial charge on any atom is -0.493 e. The number of para-hydroxylation sites is 1. The van der Waals surface area contributed by atoms with Crippen molar-refractivity contribution in [2.75, 3.05) is 6.61 Å². The van der Waals surface area contributed by atoms with Crippen molar-refractivity contribution in [1.29, 1.82) is 0 Å². The molecule has 2 aromatic rings. The quantitative estimate of drug-likeness (QED) is 0.787. The topological polar surface area (TPSA) is 67.9 Å². The molecule has 2 rings (SSSR count). The predicted molar refractivity (Wildman–Crippen MR) is 57.4 cm³/mol. The molecule has 5 heteroatoms. The summed E-state index contributed by atoms with van der Waals surface area (Å²) in [5.41, 5.74) is 0.487. The Hall–Kier alpha value is -2.17. The van der Waals surface area contributed by atoms with Crippen molar-refractivity contribution in [2.45, 2.75) is 6.92 Å². The van der Waals surface area contributed by atoms with E-state index in [1.165, 1.54) is 6.33 Å². The van der Waals surface area contributed by atoms with Gasteiger partial charge in [-0.05, 0) is 19.1 Å². The minimum atomic E-state index is -0.221. The third kappa shape index (κ3) is 1.93. The maximum absolute atomic E-state index is 12.0. The fourth-order valence-corrected chi connectivity index (χ4v) is 1.38. The highest BCUT2D eigenvalue weighted by atomic mass is 16.5. The number of ketones is 1. The number of aromatic amines is 1. The van der Waals surface area contributed by atoms with E-state index < -0.39 is 0 Å². The van der Waals surface area contributed by atoms with Gasteiger partial charge in [0.15, 0.2) is 5.82 Å². The maximum atomic E-state index is 12.0. The van der Waals surface area contributed by atoms with Gasteiger partial charge in [0.2, 0.25) is 5.78 Å². The summed E-state index contributed by atoms with van der Waals surface area (Å²) in [6, 6.07) is 7.07. The Balaban J connectivity index is 2.36. The molecule has 0 fully saturated rings. The van der Waals surface area contributed by atoms with Gasteiger partial charge < -0.3 is 4.74 Å². The van der Waals surface area contributed by atoms with Crippen molar-refractivity contribution in [2.24, 2.45) is 0 Å². The first kappa shape index (κ1) is 10.4. The van der Waals surface area contributed by atoms with E-state index >= 15 is 0 Å². The lowest BCUT2D eigenvalue weighted by Gasteiger charge is -2.07. The molecule has 0 amide bonds. The van der Waals surface area contributed by atoms with Gasteiger partial charge in [-0.3, -0.25) is 9.89 Å². The van der Waals surface area contributed by atoms with Gasteiger partial charge >= 0.3 is 0 Å². The zero-order valence-electron chi connectivity index (χ0n) is 8.80. The molecule has 0 unspecified atom stereocenters. The van der Waals surface area contributed by atoms with Gasteiger partial charge in [-0.25, -0.2) is 4.98 Å². The number of carbonyl (C=O) groups excluding carboxylic acids is 1. The van der Waals surface area contributed by atoms with Crippen LogP contribution in [0.2, 0.25) is 0 Å². The Morgan fingerprint density at radius 1 is 1.44 bits per heavy atom. The average molecular weight is 217 g/mol. The van der Waals surface area contributed by atoms with Gasteiger partial charge in [-0.15, -0.1) is 0 Å². The summed E-state index contributed by atoms with van der Waals surface area (Å²) in [4.78, 5) is 15.8. The van der Waals surface area contributed by atoms with Gasteiger partial charge in [0.1, 0.15) is 12.1 Å². The van der Waals surface area contributed by atoms with Crippen molar-refractivity contribution >= 4 is 5.78 Å². The first-order valence-electron chi connectivity index (χ1n) is 4.94. The number of nitrogens with one attached hydrogen (secondary N) is 1. The maximum Gasteiger partial charge on any atom is 0.233 e. The van der Waals surface area contributed by atoms with Crippen molar-refractivity contribution in [3.8, 4) is 5.75 Å². The third-order valence-corrected chi connectivity index (χ3v) is 2.06. The summed E-state index contributed by atoms with van der Waals surface area (Å²) < 4.78 is 5.37. The fraction of sp³-hybridized carbons (Fsp3) is 0.182. The van der Waals surface area contributed by atoms with Crippen LogP contribution in [0.25, 0.3) is 0 Å². The smallest absolute Gasteiger partial charge is 0.233 e. The Labute approximate surface area is 92.5 Å². The van der Waals surface area contributed by atoms with Gasteiger partial charge in [0.05, 0.1) is 12.2 Å². The lowest BCUT2D eigenvalue weighted by atomic mass is 10.1. The second-order valence-corrected chi connectivity index (χ2v) is 3.09. The molecule has 1 heterocycles. The van der Waals surface area contributed by atoms with Crippen LogP contribution >= 0.6 is 0 Å². The van der Waals surface area contributed by atoms with Crippen molar-refractivity contribution < 1.29 is 9.53 Å². The Morgan fingerprint density at radius 3 is 2.94 bits per heavy atom. The number of carbonyl (C=O) groups is 1. The first-order valence-corrected chi connectivity index (χ1v) is 4.94. The number of hydrogen-bond acceptors (Lipinski definition) is 4. The van der Waals surface area contributed by atoms with E-state index in [-0.39, 0.29) is 11.6 Å². The van der Waals surface area contributed by atoms with Crippen molar-refractivity contribution in [1.82, 2.24) is 15.2 Å². The molecule has 0 bridgehead atoms. The molecular weight excluding hydrogens is 206 g/mol. The summed E-state index contributed by atoms with van der Waals surface area (Å²) in [6.45, 7) is 2.39. The van der Waals surface area contributed by atoms with Gasteiger partial charge in [0, 0.05) is 0 Å². The van der Waals surface area contributed by atoms with Crippen LogP contribution in [0.15, 0.2) is 30.6 Å². The lowest BCUT2D eigenvalue weighted by Crippen LogP contribution is -2.07. The van der Waals surface area contributed by atoms with Crippen LogP contribution in [-0.2, 0) is 0 Å². The van der Waals surface area contributed by atoms with E-state index in [1.54, 1.807) is 18.2 Å². The molecule has 0 spiro atoms. The summed E-state index contributed by atoms with van der Waals surface area (Å²) in [5, 5.41) is 6.19. The van der Waals surface area contributed by atoms with Crippen LogP contribution < -0.4 is 4.74 Å². The number of benzene rings is 1.